The molecule has 0 N–H and O–H groups in total. The molecule has 0 saturated carbocycles. The second-order valence-electron chi connectivity index (χ2n) is 5.35. The third kappa shape index (κ3) is 3.60. The van der Waals surface area contributed by atoms with Crippen molar-refractivity contribution < 1.29 is 9.53 Å². The van der Waals surface area contributed by atoms with Crippen LogP contribution in [0.25, 0.3) is 6.08 Å². The molecule has 1 heterocycles. The summed E-state index contributed by atoms with van der Waals surface area (Å²) in [5, 5.41) is 0. The fourth-order valence-corrected chi connectivity index (χ4v) is 2.62. The van der Waals surface area contributed by atoms with Gasteiger partial charge >= 0.3 is 5.97 Å². The molecule has 24 heavy (non-hydrogen) atoms. The summed E-state index contributed by atoms with van der Waals surface area (Å²) in [5.41, 5.74) is 3.28. The summed E-state index contributed by atoms with van der Waals surface area (Å²) < 4.78 is 6.68. The van der Waals surface area contributed by atoms with Crippen molar-refractivity contribution in [1.82, 2.24) is 9.55 Å². The molecule has 0 radical (unpaired) electrons. The van der Waals surface area contributed by atoms with Crippen LogP contribution in [0.2, 0.25) is 0 Å². The number of hydrogen-bond acceptors (Lipinski definition) is 3. The summed E-state index contributed by atoms with van der Waals surface area (Å²) in [4.78, 5) is 15.4. The summed E-state index contributed by atoms with van der Waals surface area (Å²) in [6.45, 7) is 0. The largest absolute Gasteiger partial charge is 0.466 e. The quantitative estimate of drug-likeness (QED) is 0.532. The Hall–Kier alpha value is -3.14. The first kappa shape index (κ1) is 15.7. The molecule has 0 aliphatic rings. The van der Waals surface area contributed by atoms with E-state index in [9.17, 15) is 4.79 Å². The summed E-state index contributed by atoms with van der Waals surface area (Å²) in [6, 6.07) is 18.5. The minimum atomic E-state index is -0.361. The van der Waals surface area contributed by atoms with Crippen molar-refractivity contribution in [3.8, 4) is 0 Å². The van der Waals surface area contributed by atoms with Crippen LogP contribution in [-0.4, -0.2) is 22.6 Å². The highest BCUT2D eigenvalue weighted by Gasteiger charge is 2.15. The highest BCUT2D eigenvalue weighted by Crippen LogP contribution is 2.26. The van der Waals surface area contributed by atoms with Gasteiger partial charge in [0.25, 0.3) is 0 Å². The highest BCUT2D eigenvalue weighted by atomic mass is 16.5. The van der Waals surface area contributed by atoms with Crippen LogP contribution in [0.15, 0.2) is 79.4 Å². The Labute approximate surface area is 141 Å². The van der Waals surface area contributed by atoms with Gasteiger partial charge in [-0.1, -0.05) is 54.6 Å². The monoisotopic (exact) mass is 318 g/mol. The zero-order valence-corrected chi connectivity index (χ0v) is 13.4. The van der Waals surface area contributed by atoms with Gasteiger partial charge in [0.2, 0.25) is 0 Å². The smallest absolute Gasteiger partial charge is 0.330 e. The third-order valence-electron chi connectivity index (χ3n) is 3.80. The van der Waals surface area contributed by atoms with Crippen molar-refractivity contribution in [3.05, 3.63) is 96.1 Å². The first-order valence-corrected chi connectivity index (χ1v) is 7.66. The molecule has 4 heteroatoms. The zero-order valence-electron chi connectivity index (χ0n) is 13.4. The van der Waals surface area contributed by atoms with E-state index in [1.54, 1.807) is 12.3 Å². The van der Waals surface area contributed by atoms with Crippen molar-refractivity contribution in [3.63, 3.8) is 0 Å². The second kappa shape index (κ2) is 7.42. The molecule has 1 aromatic heterocycles. The number of esters is 1. The molecule has 0 spiro atoms. The average Bonchev–Trinajstić information content (AvgIpc) is 3.16. The maximum Gasteiger partial charge on any atom is 0.330 e. The van der Waals surface area contributed by atoms with Crippen molar-refractivity contribution in [2.75, 3.05) is 7.11 Å². The SMILES string of the molecule is COC(=O)/C=C\c1ccc(C(c2ccccc2)n2ccnc2)cc1. The van der Waals surface area contributed by atoms with Gasteiger partial charge in [-0.2, -0.15) is 0 Å². The van der Waals surface area contributed by atoms with E-state index in [1.165, 1.54) is 18.7 Å². The molecule has 3 aromatic rings. The standard InChI is InChI=1S/C20H18N2O2/c1-24-19(23)12-9-16-7-10-18(11-8-16)20(22-14-13-21-15-22)17-5-3-2-4-6-17/h2-15,20H,1H3/b12-9-. The number of rotatable bonds is 5. The first-order valence-electron chi connectivity index (χ1n) is 7.66. The molecule has 0 amide bonds. The lowest BCUT2D eigenvalue weighted by Gasteiger charge is -2.19. The van der Waals surface area contributed by atoms with Crippen LogP contribution in [0.1, 0.15) is 22.7 Å². The number of ether oxygens (including phenoxy) is 1. The van der Waals surface area contributed by atoms with Gasteiger partial charge in [-0.15, -0.1) is 0 Å². The summed E-state index contributed by atoms with van der Waals surface area (Å²) in [5.74, 6) is -0.361. The molecule has 0 aliphatic heterocycles. The molecular weight excluding hydrogens is 300 g/mol. The van der Waals surface area contributed by atoms with Crippen LogP contribution in [-0.2, 0) is 9.53 Å². The molecule has 4 nitrogen and oxygen atoms in total. The molecule has 2 aromatic carbocycles. The zero-order chi connectivity index (χ0) is 16.8. The van der Waals surface area contributed by atoms with Crippen LogP contribution < -0.4 is 0 Å². The summed E-state index contributed by atoms with van der Waals surface area (Å²) >= 11 is 0. The van der Waals surface area contributed by atoms with Crippen molar-refractivity contribution in [2.45, 2.75) is 6.04 Å². The predicted molar refractivity (Wildman–Crippen MR) is 93.4 cm³/mol. The molecule has 0 bridgehead atoms. The molecule has 1 atom stereocenters. The first-order chi connectivity index (χ1) is 11.8. The lowest BCUT2D eigenvalue weighted by molar-refractivity contribution is -0.134. The van der Waals surface area contributed by atoms with E-state index in [-0.39, 0.29) is 12.0 Å². The van der Waals surface area contributed by atoms with E-state index >= 15 is 0 Å². The van der Waals surface area contributed by atoms with Gasteiger partial charge in [0.05, 0.1) is 19.5 Å². The molecule has 0 aliphatic carbocycles. The van der Waals surface area contributed by atoms with Gasteiger partial charge in [-0.25, -0.2) is 9.78 Å². The van der Waals surface area contributed by atoms with Gasteiger partial charge in [0.1, 0.15) is 0 Å². The Morgan fingerprint density at radius 3 is 2.42 bits per heavy atom. The number of methoxy groups -OCH3 is 1. The maximum absolute atomic E-state index is 11.2. The Balaban J connectivity index is 1.92. The molecule has 1 unspecified atom stereocenters. The molecular formula is C20H18N2O2. The number of nitrogens with zero attached hydrogens (tertiary/aromatic N) is 2. The topological polar surface area (TPSA) is 44.1 Å². The van der Waals surface area contributed by atoms with Gasteiger partial charge in [0.15, 0.2) is 0 Å². The van der Waals surface area contributed by atoms with Gasteiger partial charge in [-0.05, 0) is 22.8 Å². The van der Waals surface area contributed by atoms with Crippen LogP contribution in [0.5, 0.6) is 0 Å². The average molecular weight is 318 g/mol. The molecule has 0 fully saturated rings. The van der Waals surface area contributed by atoms with E-state index in [2.05, 4.69) is 38.6 Å². The van der Waals surface area contributed by atoms with Gasteiger partial charge in [0, 0.05) is 18.5 Å². The van der Waals surface area contributed by atoms with Gasteiger partial charge in [-0.3, -0.25) is 0 Å². The van der Waals surface area contributed by atoms with Gasteiger partial charge < -0.3 is 9.30 Å². The third-order valence-corrected chi connectivity index (χ3v) is 3.80. The number of imidazole rings is 1. The molecule has 120 valence electrons. The Kier molecular flexibility index (Phi) is 4.87. The number of benzene rings is 2. The molecule has 3 rings (SSSR count). The summed E-state index contributed by atoms with van der Waals surface area (Å²) in [7, 11) is 1.37. The Morgan fingerprint density at radius 2 is 1.79 bits per heavy atom. The van der Waals surface area contributed by atoms with Crippen molar-refractivity contribution in [1.29, 1.82) is 0 Å². The van der Waals surface area contributed by atoms with E-state index in [0.29, 0.717) is 0 Å². The van der Waals surface area contributed by atoms with Crippen LogP contribution >= 0.6 is 0 Å². The second-order valence-corrected chi connectivity index (χ2v) is 5.35. The number of carbonyl (C=O) groups is 1. The van der Waals surface area contributed by atoms with E-state index in [1.807, 2.05) is 42.9 Å². The summed E-state index contributed by atoms with van der Waals surface area (Å²) in [6.07, 6.45) is 8.72. The van der Waals surface area contributed by atoms with E-state index in [0.717, 1.165) is 11.1 Å². The highest BCUT2D eigenvalue weighted by molar-refractivity contribution is 5.86. The number of aromatic nitrogens is 2. The lowest BCUT2D eigenvalue weighted by Crippen LogP contribution is -2.10. The normalized spacial score (nSPS) is 12.2. The Bertz CT molecular complexity index is 807. The van der Waals surface area contributed by atoms with E-state index in [4.69, 9.17) is 0 Å². The Morgan fingerprint density at radius 1 is 1.08 bits per heavy atom. The molecule has 0 saturated heterocycles. The minimum Gasteiger partial charge on any atom is -0.466 e. The predicted octanol–water partition coefficient (Wildman–Crippen LogP) is 3.71. The van der Waals surface area contributed by atoms with Crippen LogP contribution in [0.3, 0.4) is 0 Å². The maximum atomic E-state index is 11.2. The lowest BCUT2D eigenvalue weighted by atomic mass is 9.97. The van der Waals surface area contributed by atoms with Crippen LogP contribution in [0.4, 0.5) is 0 Å². The van der Waals surface area contributed by atoms with E-state index < -0.39 is 0 Å². The fraction of sp³-hybridized carbons (Fsp3) is 0.100. The van der Waals surface area contributed by atoms with Crippen molar-refractivity contribution >= 4 is 12.0 Å². The van der Waals surface area contributed by atoms with Crippen LogP contribution in [0, 0.1) is 0 Å². The fourth-order valence-electron chi connectivity index (χ4n) is 2.62. The van der Waals surface area contributed by atoms with Crippen molar-refractivity contribution in [2.24, 2.45) is 0 Å². The number of carbonyl (C=O) groups excluding carboxylic acids is 1. The minimum absolute atomic E-state index is 0.0623. The number of hydrogen-bond donors (Lipinski definition) is 0.